The number of hydrogen-bond donors (Lipinski definition) is 1. The van der Waals surface area contributed by atoms with Crippen molar-refractivity contribution in [3.63, 3.8) is 0 Å². The zero-order valence-corrected chi connectivity index (χ0v) is 11.4. The number of benzene rings is 1. The van der Waals surface area contributed by atoms with Gasteiger partial charge in [0.25, 0.3) is 0 Å². The number of methoxy groups -OCH3 is 1. The van der Waals surface area contributed by atoms with E-state index >= 15 is 0 Å². The molecule has 0 aliphatic rings. The second-order valence-corrected chi connectivity index (χ2v) is 4.33. The number of carboxylic acid groups (broad SMARTS) is 1. The maximum atomic E-state index is 12.0. The molecule has 0 aliphatic carbocycles. The zero-order chi connectivity index (χ0) is 14.7. The number of aromatic nitrogens is 2. The van der Waals surface area contributed by atoms with Gasteiger partial charge in [0.05, 0.1) is 19.2 Å². The second-order valence-electron chi connectivity index (χ2n) is 4.33. The van der Waals surface area contributed by atoms with Crippen LogP contribution in [0.4, 0.5) is 0 Å². The van der Waals surface area contributed by atoms with Gasteiger partial charge in [0.2, 0.25) is 0 Å². The minimum Gasteiger partial charge on any atom is -0.496 e. The van der Waals surface area contributed by atoms with Crippen molar-refractivity contribution in [2.75, 3.05) is 7.11 Å². The van der Waals surface area contributed by atoms with Crippen molar-refractivity contribution in [1.82, 2.24) is 9.13 Å². The Bertz CT molecular complexity index is 685. The van der Waals surface area contributed by atoms with Gasteiger partial charge < -0.3 is 9.84 Å². The van der Waals surface area contributed by atoms with Crippen LogP contribution < -0.4 is 10.4 Å². The number of ether oxygens (including phenoxy) is 1. The highest BCUT2D eigenvalue weighted by molar-refractivity contribution is 5.88. The van der Waals surface area contributed by atoms with E-state index in [0.717, 1.165) is 0 Å². The average Bonchev–Trinajstić information content (AvgIpc) is 2.79. The molecule has 0 spiro atoms. The monoisotopic (exact) mass is 276 g/mol. The lowest BCUT2D eigenvalue weighted by molar-refractivity contribution is 0.0696. The van der Waals surface area contributed by atoms with Gasteiger partial charge in [-0.15, -0.1) is 0 Å². The molecular weight excluding hydrogens is 260 g/mol. The summed E-state index contributed by atoms with van der Waals surface area (Å²) in [5, 5.41) is 9.02. The van der Waals surface area contributed by atoms with Crippen LogP contribution in [0.5, 0.6) is 5.75 Å². The van der Waals surface area contributed by atoms with Crippen molar-refractivity contribution in [3.8, 4) is 5.75 Å². The number of rotatable bonds is 5. The van der Waals surface area contributed by atoms with E-state index in [0.29, 0.717) is 17.9 Å². The van der Waals surface area contributed by atoms with E-state index in [1.807, 2.05) is 6.92 Å². The lowest BCUT2D eigenvalue weighted by Crippen LogP contribution is -2.24. The van der Waals surface area contributed by atoms with Crippen molar-refractivity contribution in [2.24, 2.45) is 0 Å². The van der Waals surface area contributed by atoms with Gasteiger partial charge in [-0.05, 0) is 25.1 Å². The molecule has 0 atom stereocenters. The topological polar surface area (TPSA) is 73.5 Å². The Morgan fingerprint density at radius 2 is 2.00 bits per heavy atom. The van der Waals surface area contributed by atoms with Crippen LogP contribution >= 0.6 is 0 Å². The molecule has 1 N–H and O–H groups in total. The molecule has 106 valence electrons. The van der Waals surface area contributed by atoms with E-state index < -0.39 is 5.97 Å². The third-order valence-corrected chi connectivity index (χ3v) is 3.13. The van der Waals surface area contributed by atoms with E-state index in [4.69, 9.17) is 9.84 Å². The number of nitrogens with zero attached hydrogens (tertiary/aromatic N) is 2. The first kappa shape index (κ1) is 13.9. The van der Waals surface area contributed by atoms with E-state index in [9.17, 15) is 9.59 Å². The van der Waals surface area contributed by atoms with Crippen LogP contribution in [0.15, 0.2) is 35.4 Å². The first-order chi connectivity index (χ1) is 9.56. The van der Waals surface area contributed by atoms with Crippen molar-refractivity contribution in [2.45, 2.75) is 20.0 Å². The van der Waals surface area contributed by atoms with Crippen LogP contribution in [0.25, 0.3) is 0 Å². The Kier molecular flexibility index (Phi) is 3.93. The number of aromatic carboxylic acids is 1. The zero-order valence-electron chi connectivity index (χ0n) is 11.4. The van der Waals surface area contributed by atoms with Crippen molar-refractivity contribution >= 4 is 5.97 Å². The molecule has 0 saturated carbocycles. The van der Waals surface area contributed by atoms with Gasteiger partial charge >= 0.3 is 11.7 Å². The van der Waals surface area contributed by atoms with E-state index in [2.05, 4.69) is 0 Å². The van der Waals surface area contributed by atoms with Crippen LogP contribution in [0.1, 0.15) is 22.8 Å². The SMILES string of the molecule is CCn1ccn(Cc2cc(C(=O)O)ccc2OC)c1=O. The van der Waals surface area contributed by atoms with Crippen molar-refractivity contribution < 1.29 is 14.6 Å². The fourth-order valence-electron chi connectivity index (χ4n) is 2.03. The van der Waals surface area contributed by atoms with Crippen LogP contribution in [0.2, 0.25) is 0 Å². The van der Waals surface area contributed by atoms with Gasteiger partial charge in [-0.1, -0.05) is 0 Å². The molecule has 0 bridgehead atoms. The van der Waals surface area contributed by atoms with Crippen LogP contribution in [-0.4, -0.2) is 27.3 Å². The lowest BCUT2D eigenvalue weighted by atomic mass is 10.1. The van der Waals surface area contributed by atoms with Gasteiger partial charge in [-0.2, -0.15) is 0 Å². The van der Waals surface area contributed by atoms with E-state index in [1.165, 1.54) is 23.8 Å². The van der Waals surface area contributed by atoms with Crippen LogP contribution in [0.3, 0.4) is 0 Å². The first-order valence-corrected chi connectivity index (χ1v) is 6.22. The molecular formula is C14H16N2O4. The molecule has 0 fully saturated rings. The summed E-state index contributed by atoms with van der Waals surface area (Å²) >= 11 is 0. The highest BCUT2D eigenvalue weighted by Gasteiger charge is 2.11. The molecule has 20 heavy (non-hydrogen) atoms. The molecule has 0 unspecified atom stereocenters. The molecule has 0 aliphatic heterocycles. The molecule has 0 amide bonds. The van der Waals surface area contributed by atoms with Gasteiger partial charge in [-0.25, -0.2) is 9.59 Å². The molecule has 1 aromatic heterocycles. The molecule has 1 aromatic carbocycles. The molecule has 1 heterocycles. The Morgan fingerprint density at radius 1 is 1.30 bits per heavy atom. The molecule has 6 nitrogen and oxygen atoms in total. The maximum absolute atomic E-state index is 12.0. The van der Waals surface area contributed by atoms with Gasteiger partial charge in [0, 0.05) is 24.5 Å². The number of carbonyl (C=O) groups is 1. The Morgan fingerprint density at radius 3 is 2.55 bits per heavy atom. The number of aryl methyl sites for hydroxylation is 1. The summed E-state index contributed by atoms with van der Waals surface area (Å²) in [5.41, 5.74) is 0.697. The van der Waals surface area contributed by atoms with Crippen molar-refractivity contribution in [3.05, 3.63) is 52.2 Å². The minimum atomic E-state index is -1.01. The van der Waals surface area contributed by atoms with Crippen LogP contribution in [0, 0.1) is 0 Å². The lowest BCUT2D eigenvalue weighted by Gasteiger charge is -2.09. The standard InChI is InChI=1S/C14H16N2O4/c1-3-15-6-7-16(14(15)19)9-11-8-10(13(17)18)4-5-12(11)20-2/h4-8H,3,9H2,1-2H3,(H,17,18). The molecule has 6 heteroatoms. The Hall–Kier alpha value is -2.50. The first-order valence-electron chi connectivity index (χ1n) is 6.22. The van der Waals surface area contributed by atoms with E-state index in [1.54, 1.807) is 23.0 Å². The summed E-state index contributed by atoms with van der Waals surface area (Å²) in [7, 11) is 1.51. The fourth-order valence-corrected chi connectivity index (χ4v) is 2.03. The molecule has 0 saturated heterocycles. The summed E-state index contributed by atoms with van der Waals surface area (Å²) in [5.74, 6) is -0.446. The third-order valence-electron chi connectivity index (χ3n) is 3.13. The summed E-state index contributed by atoms with van der Waals surface area (Å²) in [6.45, 7) is 2.76. The average molecular weight is 276 g/mol. The largest absolute Gasteiger partial charge is 0.496 e. The molecule has 2 rings (SSSR count). The number of imidazole rings is 1. The fraction of sp³-hybridized carbons (Fsp3) is 0.286. The van der Waals surface area contributed by atoms with Crippen LogP contribution in [-0.2, 0) is 13.1 Å². The highest BCUT2D eigenvalue weighted by atomic mass is 16.5. The predicted molar refractivity (Wildman–Crippen MR) is 73.4 cm³/mol. The summed E-state index contributed by atoms with van der Waals surface area (Å²) in [4.78, 5) is 23.0. The highest BCUT2D eigenvalue weighted by Crippen LogP contribution is 2.20. The van der Waals surface area contributed by atoms with Gasteiger partial charge in [0.15, 0.2) is 0 Å². The molecule has 2 aromatic rings. The summed E-state index contributed by atoms with van der Waals surface area (Å²) < 4.78 is 8.31. The number of hydrogen-bond acceptors (Lipinski definition) is 3. The Balaban J connectivity index is 2.40. The van der Waals surface area contributed by atoms with Gasteiger partial charge in [0.1, 0.15) is 5.75 Å². The summed E-state index contributed by atoms with van der Waals surface area (Å²) in [6.07, 6.45) is 3.38. The quantitative estimate of drug-likeness (QED) is 0.896. The minimum absolute atomic E-state index is 0.129. The third kappa shape index (κ3) is 2.59. The molecule has 0 radical (unpaired) electrons. The predicted octanol–water partition coefficient (Wildman–Crippen LogP) is 1.42. The maximum Gasteiger partial charge on any atom is 0.335 e. The van der Waals surface area contributed by atoms with Crippen molar-refractivity contribution in [1.29, 1.82) is 0 Å². The van der Waals surface area contributed by atoms with Gasteiger partial charge in [-0.3, -0.25) is 9.13 Å². The summed E-state index contributed by atoms with van der Waals surface area (Å²) in [6, 6.07) is 4.60. The second kappa shape index (κ2) is 5.64. The normalized spacial score (nSPS) is 10.5. The smallest absolute Gasteiger partial charge is 0.335 e. The number of carboxylic acids is 1. The van der Waals surface area contributed by atoms with E-state index in [-0.39, 0.29) is 17.8 Å². The Labute approximate surface area is 115 Å².